The van der Waals surface area contributed by atoms with Gasteiger partial charge in [0.2, 0.25) is 0 Å². The summed E-state index contributed by atoms with van der Waals surface area (Å²) < 4.78 is 2.00. The average Bonchev–Trinajstić information content (AvgIpc) is 3.39. The zero-order chi connectivity index (χ0) is 27.1. The summed E-state index contributed by atoms with van der Waals surface area (Å²) >= 11 is 0. The number of rotatable bonds is 18. The maximum absolute atomic E-state index is 4.49. The van der Waals surface area contributed by atoms with Crippen LogP contribution >= 0.6 is 0 Å². The monoisotopic (exact) mass is 524 g/mol. The van der Waals surface area contributed by atoms with Crippen LogP contribution in [0.5, 0.6) is 0 Å². The highest BCUT2D eigenvalue weighted by Gasteiger charge is 2.13. The van der Waals surface area contributed by atoms with E-state index in [1.54, 1.807) is 0 Å². The fourth-order valence-corrected chi connectivity index (χ4v) is 5.37. The molecule has 0 saturated heterocycles. The van der Waals surface area contributed by atoms with E-state index in [-0.39, 0.29) is 0 Å². The summed E-state index contributed by atoms with van der Waals surface area (Å²) in [5.74, 6) is 0. The third-order valence-corrected chi connectivity index (χ3v) is 7.83. The molecule has 0 atom stereocenters. The lowest BCUT2D eigenvalue weighted by atomic mass is 10.0. The molecule has 3 aromatic carbocycles. The Morgan fingerprint density at radius 1 is 0.564 bits per heavy atom. The van der Waals surface area contributed by atoms with E-state index in [2.05, 4.69) is 89.7 Å². The second kappa shape index (κ2) is 16.1. The Labute approximate surface area is 236 Å². The fourth-order valence-electron chi connectivity index (χ4n) is 5.37. The molecule has 4 rings (SSSR count). The first-order chi connectivity index (χ1) is 19.3. The number of unbranched alkanes of at least 4 members (excludes halogenated alkanes) is 10. The van der Waals surface area contributed by atoms with Crippen LogP contribution in [0.4, 0.5) is 11.4 Å². The highest BCUT2D eigenvalue weighted by molar-refractivity contribution is 5.74. The lowest BCUT2D eigenvalue weighted by molar-refractivity contribution is 0.607. The maximum Gasteiger partial charge on any atom is 0.119 e. The van der Waals surface area contributed by atoms with Crippen LogP contribution in [-0.4, -0.2) is 15.0 Å². The van der Waals surface area contributed by atoms with Crippen LogP contribution in [-0.2, 0) is 19.5 Å². The van der Waals surface area contributed by atoms with Crippen molar-refractivity contribution in [3.8, 4) is 0 Å². The van der Waals surface area contributed by atoms with E-state index in [0.29, 0.717) is 6.67 Å². The molecule has 4 aromatic rings. The van der Waals surface area contributed by atoms with Gasteiger partial charge in [-0.1, -0.05) is 120 Å². The number of aryl methyl sites for hydroxylation is 2. The lowest BCUT2D eigenvalue weighted by Gasteiger charge is -2.25. The van der Waals surface area contributed by atoms with Crippen molar-refractivity contribution in [3.63, 3.8) is 0 Å². The van der Waals surface area contributed by atoms with Crippen molar-refractivity contribution < 1.29 is 0 Å². The number of benzene rings is 3. The summed E-state index contributed by atoms with van der Waals surface area (Å²) in [6.07, 6.45) is 18.4. The molecule has 0 fully saturated rings. The summed E-state index contributed by atoms with van der Waals surface area (Å²) in [4.78, 5) is 2.35. The second-order valence-electron chi connectivity index (χ2n) is 11.0. The minimum Gasteiger partial charge on any atom is -0.321 e. The van der Waals surface area contributed by atoms with E-state index in [0.717, 1.165) is 23.9 Å². The van der Waals surface area contributed by atoms with Gasteiger partial charge < -0.3 is 4.90 Å². The van der Waals surface area contributed by atoms with E-state index < -0.39 is 0 Å². The Morgan fingerprint density at radius 2 is 1.05 bits per heavy atom. The second-order valence-corrected chi connectivity index (χ2v) is 11.0. The zero-order valence-electron chi connectivity index (χ0n) is 24.3. The van der Waals surface area contributed by atoms with Gasteiger partial charge in [-0.25, -0.2) is 4.68 Å². The topological polar surface area (TPSA) is 34.0 Å². The molecule has 0 N–H and O–H groups in total. The van der Waals surface area contributed by atoms with Crippen molar-refractivity contribution in [3.05, 3.63) is 83.9 Å². The fraction of sp³-hybridized carbons (Fsp3) is 0.486. The number of hydrogen-bond acceptors (Lipinski definition) is 3. The van der Waals surface area contributed by atoms with Gasteiger partial charge in [0.1, 0.15) is 12.2 Å². The molecule has 0 aliphatic carbocycles. The molecule has 0 amide bonds. The van der Waals surface area contributed by atoms with Crippen LogP contribution in [0.1, 0.15) is 102 Å². The first-order valence-corrected chi connectivity index (χ1v) is 15.5. The molecule has 0 saturated carbocycles. The van der Waals surface area contributed by atoms with E-state index in [1.165, 1.54) is 99.6 Å². The Kier molecular flexibility index (Phi) is 11.9. The van der Waals surface area contributed by atoms with Crippen LogP contribution < -0.4 is 4.90 Å². The number of hydrogen-bond donors (Lipinski definition) is 0. The Hall–Kier alpha value is -3.14. The van der Waals surface area contributed by atoms with Gasteiger partial charge in [0.15, 0.2) is 0 Å². The molecule has 39 heavy (non-hydrogen) atoms. The van der Waals surface area contributed by atoms with Crippen molar-refractivity contribution in [1.82, 2.24) is 15.0 Å². The molecule has 0 radical (unpaired) electrons. The van der Waals surface area contributed by atoms with Gasteiger partial charge in [-0.05, 0) is 73.2 Å². The molecule has 208 valence electrons. The van der Waals surface area contributed by atoms with Crippen LogP contribution in [0.3, 0.4) is 0 Å². The third kappa shape index (κ3) is 8.95. The molecule has 0 aliphatic rings. The summed E-state index contributed by atoms with van der Waals surface area (Å²) in [7, 11) is 0. The Morgan fingerprint density at radius 3 is 1.59 bits per heavy atom. The smallest absolute Gasteiger partial charge is 0.119 e. The third-order valence-electron chi connectivity index (χ3n) is 7.83. The molecule has 0 bridgehead atoms. The van der Waals surface area contributed by atoms with E-state index in [1.807, 2.05) is 16.8 Å². The minimum atomic E-state index is 0.619. The number of fused-ring (bicyclic) bond motifs is 1. The van der Waals surface area contributed by atoms with Gasteiger partial charge in [0.05, 0.1) is 5.52 Å². The molecule has 4 nitrogen and oxygen atoms in total. The summed E-state index contributed by atoms with van der Waals surface area (Å²) in [6, 6.07) is 26.5. The van der Waals surface area contributed by atoms with E-state index >= 15 is 0 Å². The average molecular weight is 525 g/mol. The van der Waals surface area contributed by atoms with E-state index in [9.17, 15) is 0 Å². The quantitative estimate of drug-likeness (QED) is 0.121. The predicted octanol–water partition coefficient (Wildman–Crippen LogP) is 10.0. The number of para-hydroxylation sites is 1. The molecule has 0 aliphatic heterocycles. The SMILES string of the molecule is CCCCCCCCc1ccc(N(Cn2nnc3ccccc32)c2ccc(CCCCCCCC)cc2)cc1. The number of aromatic nitrogens is 3. The molecular formula is C35H48N4. The highest BCUT2D eigenvalue weighted by atomic mass is 15.5. The van der Waals surface area contributed by atoms with Crippen molar-refractivity contribution >= 4 is 22.4 Å². The molecule has 1 heterocycles. The predicted molar refractivity (Wildman–Crippen MR) is 167 cm³/mol. The standard InChI is InChI=1S/C35H48N4/c1-3-5-7-9-11-13-17-30-21-25-32(26-22-30)38(29-39-35-20-16-15-19-34(35)36-37-39)33-27-23-31(24-28-33)18-14-12-10-8-6-4-2/h15-16,19-28H,3-14,17-18,29H2,1-2H3. The molecule has 0 unspecified atom stereocenters. The molecular weight excluding hydrogens is 476 g/mol. The van der Waals surface area contributed by atoms with Gasteiger partial charge in [0.25, 0.3) is 0 Å². The van der Waals surface area contributed by atoms with Gasteiger partial charge in [-0.15, -0.1) is 5.10 Å². The summed E-state index contributed by atoms with van der Waals surface area (Å²) in [6.45, 7) is 5.18. The van der Waals surface area contributed by atoms with Gasteiger partial charge in [-0.3, -0.25) is 0 Å². The van der Waals surface area contributed by atoms with Crippen LogP contribution in [0, 0.1) is 0 Å². The van der Waals surface area contributed by atoms with Gasteiger partial charge >= 0.3 is 0 Å². The first kappa shape index (κ1) is 28.9. The largest absolute Gasteiger partial charge is 0.321 e. The van der Waals surface area contributed by atoms with Gasteiger partial charge in [0, 0.05) is 11.4 Å². The van der Waals surface area contributed by atoms with Crippen molar-refractivity contribution in [2.45, 2.75) is 110 Å². The van der Waals surface area contributed by atoms with Crippen molar-refractivity contribution in [2.24, 2.45) is 0 Å². The molecule has 0 spiro atoms. The van der Waals surface area contributed by atoms with Crippen molar-refractivity contribution in [1.29, 1.82) is 0 Å². The normalized spacial score (nSPS) is 11.3. The number of nitrogens with zero attached hydrogens (tertiary/aromatic N) is 4. The zero-order valence-corrected chi connectivity index (χ0v) is 24.3. The van der Waals surface area contributed by atoms with Crippen LogP contribution in [0.25, 0.3) is 11.0 Å². The van der Waals surface area contributed by atoms with Crippen LogP contribution in [0.2, 0.25) is 0 Å². The highest BCUT2D eigenvalue weighted by Crippen LogP contribution is 2.28. The number of anilines is 2. The summed E-state index contributed by atoms with van der Waals surface area (Å²) in [5.41, 5.74) is 7.21. The summed E-state index contributed by atoms with van der Waals surface area (Å²) in [5, 5.41) is 8.88. The Bertz CT molecular complexity index is 1150. The van der Waals surface area contributed by atoms with Crippen molar-refractivity contribution in [2.75, 3.05) is 4.90 Å². The Balaban J connectivity index is 1.44. The van der Waals surface area contributed by atoms with Gasteiger partial charge in [-0.2, -0.15) is 0 Å². The van der Waals surface area contributed by atoms with Crippen LogP contribution in [0.15, 0.2) is 72.8 Å². The molecule has 4 heteroatoms. The minimum absolute atomic E-state index is 0.619. The molecule has 1 aromatic heterocycles. The first-order valence-electron chi connectivity index (χ1n) is 15.5. The lowest BCUT2D eigenvalue weighted by Crippen LogP contribution is -2.22. The maximum atomic E-state index is 4.49. The van der Waals surface area contributed by atoms with E-state index in [4.69, 9.17) is 0 Å².